The van der Waals surface area contributed by atoms with Crippen molar-refractivity contribution in [3.05, 3.63) is 70.5 Å². The van der Waals surface area contributed by atoms with Crippen molar-refractivity contribution < 1.29 is 26.8 Å². The van der Waals surface area contributed by atoms with Gasteiger partial charge in [0.2, 0.25) is 17.7 Å². The van der Waals surface area contributed by atoms with E-state index in [1.54, 1.807) is 29.2 Å². The van der Waals surface area contributed by atoms with Gasteiger partial charge in [-0.15, -0.1) is 10.2 Å². The Labute approximate surface area is 190 Å². The lowest BCUT2D eigenvalue weighted by molar-refractivity contribution is -0.137. The molecule has 1 amide bonds. The lowest BCUT2D eigenvalue weighted by Gasteiger charge is -2.31. The van der Waals surface area contributed by atoms with E-state index in [1.165, 1.54) is 16.7 Å². The summed E-state index contributed by atoms with van der Waals surface area (Å²) in [6.45, 7) is 0.709. The first-order valence-electron chi connectivity index (χ1n) is 10.7. The first kappa shape index (κ1) is 21.9. The number of carbonyl (C=O) groups excluding carboxylic acids is 1. The maximum absolute atomic E-state index is 12.9. The zero-order valence-corrected chi connectivity index (χ0v) is 17.8. The van der Waals surface area contributed by atoms with Crippen LogP contribution >= 0.6 is 0 Å². The van der Waals surface area contributed by atoms with Crippen LogP contribution in [0.3, 0.4) is 0 Å². The van der Waals surface area contributed by atoms with Gasteiger partial charge in [-0.25, -0.2) is 4.79 Å². The summed E-state index contributed by atoms with van der Waals surface area (Å²) >= 11 is 0. The molecule has 0 saturated carbocycles. The number of halogens is 3. The minimum Gasteiger partial charge on any atom is -0.420 e. The van der Waals surface area contributed by atoms with Gasteiger partial charge in [0.1, 0.15) is 6.54 Å². The summed E-state index contributed by atoms with van der Waals surface area (Å²) in [6.07, 6.45) is -3.01. The van der Waals surface area contributed by atoms with Gasteiger partial charge < -0.3 is 13.7 Å². The van der Waals surface area contributed by atoms with Crippen LogP contribution < -0.4 is 5.76 Å². The van der Waals surface area contributed by atoms with Crippen molar-refractivity contribution in [3.63, 3.8) is 0 Å². The molecule has 1 aliphatic rings. The molecule has 34 heavy (non-hydrogen) atoms. The molecule has 176 valence electrons. The molecule has 0 bridgehead atoms. The van der Waals surface area contributed by atoms with Gasteiger partial charge in [-0.05, 0) is 49.2 Å². The number of benzene rings is 2. The Morgan fingerprint density at radius 3 is 2.59 bits per heavy atom. The SMILES string of the molecule is O=C(Cn1c(=O)oc2ccccc21)N1CCCC(c2nnc(-c3ccc(C(F)(F)F)cc3)o2)C1. The second-order valence-corrected chi connectivity index (χ2v) is 8.12. The molecule has 3 heterocycles. The highest BCUT2D eigenvalue weighted by molar-refractivity contribution is 5.79. The van der Waals surface area contributed by atoms with E-state index in [0.717, 1.165) is 12.1 Å². The van der Waals surface area contributed by atoms with Crippen LogP contribution in [0.5, 0.6) is 0 Å². The molecule has 2 aromatic carbocycles. The van der Waals surface area contributed by atoms with Crippen molar-refractivity contribution in [2.75, 3.05) is 13.1 Å². The van der Waals surface area contributed by atoms with E-state index >= 15 is 0 Å². The predicted octanol–water partition coefficient (Wildman–Crippen LogP) is 4.07. The van der Waals surface area contributed by atoms with E-state index in [4.69, 9.17) is 8.83 Å². The molecule has 0 spiro atoms. The third kappa shape index (κ3) is 4.20. The van der Waals surface area contributed by atoms with Crippen LogP contribution in [0, 0.1) is 0 Å². The number of hydrogen-bond donors (Lipinski definition) is 0. The van der Waals surface area contributed by atoms with Gasteiger partial charge >= 0.3 is 11.9 Å². The van der Waals surface area contributed by atoms with Crippen LogP contribution in [0.1, 0.15) is 30.2 Å². The highest BCUT2D eigenvalue weighted by Gasteiger charge is 2.31. The highest BCUT2D eigenvalue weighted by atomic mass is 19.4. The van der Waals surface area contributed by atoms with Gasteiger partial charge in [0.05, 0.1) is 17.0 Å². The fourth-order valence-corrected chi connectivity index (χ4v) is 4.12. The molecule has 5 rings (SSSR count). The Hall–Kier alpha value is -3.89. The summed E-state index contributed by atoms with van der Waals surface area (Å²) in [5.74, 6) is -0.616. The molecular weight excluding hydrogens is 453 g/mol. The molecule has 0 N–H and O–H groups in total. The van der Waals surface area contributed by atoms with Crippen LogP contribution in [0.25, 0.3) is 22.6 Å². The number of nitrogens with zero attached hydrogens (tertiary/aromatic N) is 4. The summed E-state index contributed by atoms with van der Waals surface area (Å²) in [7, 11) is 0. The Kier molecular flexibility index (Phi) is 5.46. The molecular formula is C23H19F3N4O4. The van der Waals surface area contributed by atoms with E-state index in [1.807, 2.05) is 0 Å². The molecule has 1 aliphatic heterocycles. The number of fused-ring (bicyclic) bond motifs is 1. The Morgan fingerprint density at radius 1 is 1.06 bits per heavy atom. The topological polar surface area (TPSA) is 94.4 Å². The number of para-hydroxylation sites is 2. The molecule has 11 heteroatoms. The third-order valence-corrected chi connectivity index (χ3v) is 5.89. The standard InChI is InChI=1S/C23H19F3N4O4/c24-23(25,26)16-9-7-14(8-10-16)20-27-28-21(34-20)15-4-3-11-29(12-15)19(31)13-30-17-5-1-2-6-18(17)33-22(30)32/h1-2,5-10,15H,3-4,11-13H2. The van der Waals surface area contributed by atoms with E-state index in [0.29, 0.717) is 48.5 Å². The molecule has 2 aromatic heterocycles. The fourth-order valence-electron chi connectivity index (χ4n) is 4.12. The minimum atomic E-state index is -4.43. The van der Waals surface area contributed by atoms with Crippen LogP contribution in [0.4, 0.5) is 13.2 Å². The Balaban J connectivity index is 1.29. The Bertz CT molecular complexity index is 1390. The zero-order chi connectivity index (χ0) is 23.9. The summed E-state index contributed by atoms with van der Waals surface area (Å²) < 4.78 is 50.6. The van der Waals surface area contributed by atoms with Crippen LogP contribution in [0.15, 0.2) is 62.2 Å². The number of carbonyl (C=O) groups is 1. The summed E-state index contributed by atoms with van der Waals surface area (Å²) in [5.41, 5.74) is 0.578. The smallest absolute Gasteiger partial charge is 0.420 e. The number of rotatable bonds is 4. The number of piperidine rings is 1. The third-order valence-electron chi connectivity index (χ3n) is 5.89. The minimum absolute atomic E-state index is 0.114. The molecule has 8 nitrogen and oxygen atoms in total. The van der Waals surface area contributed by atoms with Gasteiger partial charge in [-0.1, -0.05) is 12.1 Å². The number of oxazole rings is 1. The second-order valence-electron chi connectivity index (χ2n) is 8.12. The first-order valence-corrected chi connectivity index (χ1v) is 10.7. The Morgan fingerprint density at radius 2 is 1.82 bits per heavy atom. The number of alkyl halides is 3. The number of likely N-dealkylation sites (tertiary alicyclic amines) is 1. The van der Waals surface area contributed by atoms with E-state index < -0.39 is 17.5 Å². The number of hydrogen-bond acceptors (Lipinski definition) is 6. The average Bonchev–Trinajstić information content (AvgIpc) is 3.44. The van der Waals surface area contributed by atoms with E-state index in [-0.39, 0.29) is 24.3 Å². The maximum Gasteiger partial charge on any atom is 0.420 e. The summed E-state index contributed by atoms with van der Waals surface area (Å²) in [5, 5.41) is 8.04. The second kappa shape index (κ2) is 8.47. The van der Waals surface area contributed by atoms with Crippen molar-refractivity contribution in [1.29, 1.82) is 0 Å². The van der Waals surface area contributed by atoms with Gasteiger partial charge in [0.25, 0.3) is 0 Å². The van der Waals surface area contributed by atoms with Crippen molar-refractivity contribution in [3.8, 4) is 11.5 Å². The van der Waals surface area contributed by atoms with Crippen molar-refractivity contribution in [2.24, 2.45) is 0 Å². The molecule has 0 radical (unpaired) electrons. The van der Waals surface area contributed by atoms with Gasteiger partial charge in [0, 0.05) is 18.7 Å². The number of amides is 1. The predicted molar refractivity (Wildman–Crippen MR) is 114 cm³/mol. The van der Waals surface area contributed by atoms with E-state index in [2.05, 4.69) is 10.2 Å². The first-order chi connectivity index (χ1) is 16.3. The monoisotopic (exact) mass is 472 g/mol. The number of aromatic nitrogens is 3. The maximum atomic E-state index is 12.9. The largest absolute Gasteiger partial charge is 0.420 e. The van der Waals surface area contributed by atoms with Gasteiger partial charge in [0.15, 0.2) is 5.58 Å². The molecule has 1 unspecified atom stereocenters. The average molecular weight is 472 g/mol. The normalized spacial score (nSPS) is 16.8. The highest BCUT2D eigenvalue weighted by Crippen LogP contribution is 2.32. The lowest BCUT2D eigenvalue weighted by atomic mass is 9.98. The van der Waals surface area contributed by atoms with Crippen LogP contribution in [-0.2, 0) is 17.5 Å². The zero-order valence-electron chi connectivity index (χ0n) is 17.8. The lowest BCUT2D eigenvalue weighted by Crippen LogP contribution is -2.41. The fraction of sp³-hybridized carbons (Fsp3) is 0.304. The quantitative estimate of drug-likeness (QED) is 0.445. The summed E-state index contributed by atoms with van der Waals surface area (Å²) in [4.78, 5) is 26.8. The molecule has 1 atom stereocenters. The molecule has 1 saturated heterocycles. The van der Waals surface area contributed by atoms with Crippen molar-refractivity contribution in [2.45, 2.75) is 31.5 Å². The molecule has 4 aromatic rings. The molecule has 1 fully saturated rings. The van der Waals surface area contributed by atoms with Crippen LogP contribution in [-0.4, -0.2) is 38.7 Å². The van der Waals surface area contributed by atoms with Crippen molar-refractivity contribution in [1.82, 2.24) is 19.7 Å². The summed E-state index contributed by atoms with van der Waals surface area (Å²) in [6, 6.07) is 11.4. The van der Waals surface area contributed by atoms with Gasteiger partial charge in [-0.2, -0.15) is 13.2 Å². The van der Waals surface area contributed by atoms with Gasteiger partial charge in [-0.3, -0.25) is 9.36 Å². The van der Waals surface area contributed by atoms with E-state index in [9.17, 15) is 22.8 Å². The van der Waals surface area contributed by atoms with Crippen molar-refractivity contribution >= 4 is 17.0 Å². The molecule has 0 aliphatic carbocycles. The van der Waals surface area contributed by atoms with Crippen LogP contribution in [0.2, 0.25) is 0 Å².